The lowest BCUT2D eigenvalue weighted by Gasteiger charge is -2.24. The van der Waals surface area contributed by atoms with Gasteiger partial charge in [-0.05, 0) is 30.9 Å². The van der Waals surface area contributed by atoms with Gasteiger partial charge in [-0.15, -0.1) is 0 Å². The molecule has 0 aliphatic heterocycles. The van der Waals surface area contributed by atoms with Crippen LogP contribution < -0.4 is 15.4 Å². The van der Waals surface area contributed by atoms with Gasteiger partial charge in [-0.25, -0.2) is 9.97 Å². The fourth-order valence-electron chi connectivity index (χ4n) is 4.28. The van der Waals surface area contributed by atoms with E-state index in [0.29, 0.717) is 46.6 Å². The van der Waals surface area contributed by atoms with E-state index >= 15 is 0 Å². The lowest BCUT2D eigenvalue weighted by atomic mass is 9.85. The second-order valence-electron chi connectivity index (χ2n) is 8.99. The minimum atomic E-state index is -0.0113. The van der Waals surface area contributed by atoms with Crippen molar-refractivity contribution >= 4 is 28.8 Å². The number of carbonyl (C=O) groups excluding carboxylic acids is 1. The zero-order valence-electron chi connectivity index (χ0n) is 20.7. The van der Waals surface area contributed by atoms with Gasteiger partial charge < -0.3 is 15.4 Å². The van der Waals surface area contributed by atoms with Crippen molar-refractivity contribution in [2.45, 2.75) is 39.2 Å². The molecule has 0 spiro atoms. The first-order valence-electron chi connectivity index (χ1n) is 12.2. The van der Waals surface area contributed by atoms with Crippen LogP contribution in [-0.4, -0.2) is 42.4 Å². The number of aryl methyl sites for hydroxylation is 1. The number of benzene rings is 1. The predicted octanol–water partition coefficient (Wildman–Crippen LogP) is 4.96. The van der Waals surface area contributed by atoms with E-state index in [1.165, 1.54) is 19.3 Å². The van der Waals surface area contributed by atoms with E-state index in [9.17, 15) is 4.79 Å². The van der Waals surface area contributed by atoms with Crippen LogP contribution in [0, 0.1) is 5.92 Å². The number of pyridine rings is 1. The summed E-state index contributed by atoms with van der Waals surface area (Å²) in [5, 5.41) is 15.7. The third-order valence-electron chi connectivity index (χ3n) is 6.42. The molecule has 0 saturated heterocycles. The van der Waals surface area contributed by atoms with Crippen LogP contribution in [0.15, 0.2) is 49.1 Å². The van der Waals surface area contributed by atoms with Crippen LogP contribution in [0.25, 0.3) is 11.4 Å². The van der Waals surface area contributed by atoms with Gasteiger partial charge in [0, 0.05) is 44.5 Å². The Kier molecular flexibility index (Phi) is 6.66. The average Bonchev–Trinajstić information content (AvgIpc) is 3.49. The second kappa shape index (κ2) is 10.2. The van der Waals surface area contributed by atoms with E-state index in [4.69, 9.17) is 4.74 Å². The quantitative estimate of drug-likeness (QED) is 0.303. The van der Waals surface area contributed by atoms with Gasteiger partial charge in [0.25, 0.3) is 0 Å². The Bertz CT molecular complexity index is 1370. The summed E-state index contributed by atoms with van der Waals surface area (Å²) in [6.45, 7) is 2.77. The van der Waals surface area contributed by atoms with Gasteiger partial charge in [0.1, 0.15) is 12.1 Å². The van der Waals surface area contributed by atoms with Gasteiger partial charge in [-0.1, -0.05) is 19.4 Å². The Hall–Kier alpha value is -4.21. The first-order valence-corrected chi connectivity index (χ1v) is 12.2. The molecule has 0 radical (unpaired) electrons. The number of aromatic nitrogens is 6. The van der Waals surface area contributed by atoms with E-state index in [2.05, 4.69) is 30.8 Å². The maximum absolute atomic E-state index is 12.7. The maximum Gasteiger partial charge on any atom is 0.184 e. The molecule has 1 aliphatic rings. The van der Waals surface area contributed by atoms with Crippen molar-refractivity contribution in [3.8, 4) is 17.1 Å². The van der Waals surface area contributed by atoms with Crippen LogP contribution in [0.4, 0.5) is 23.0 Å². The molecule has 186 valence electrons. The van der Waals surface area contributed by atoms with Gasteiger partial charge in [0.05, 0.1) is 29.6 Å². The number of rotatable bonds is 10. The Balaban J connectivity index is 1.44. The van der Waals surface area contributed by atoms with E-state index < -0.39 is 0 Å². The SMILES string of the molecule is CCC(=O)c1cnc(Nc2ccn(CC3CCC3)n2)cc1Nc1cccc(-c2ncn(C)n2)c1OC. The summed E-state index contributed by atoms with van der Waals surface area (Å²) in [4.78, 5) is 21.5. The zero-order valence-corrected chi connectivity index (χ0v) is 20.7. The molecule has 0 bridgehead atoms. The van der Waals surface area contributed by atoms with Crippen molar-refractivity contribution in [1.29, 1.82) is 0 Å². The molecule has 10 heteroatoms. The van der Waals surface area contributed by atoms with E-state index in [1.807, 2.05) is 55.2 Å². The predicted molar refractivity (Wildman–Crippen MR) is 138 cm³/mol. The number of hydrogen-bond acceptors (Lipinski definition) is 8. The Morgan fingerprint density at radius 1 is 1.11 bits per heavy atom. The van der Waals surface area contributed by atoms with Crippen LogP contribution in [0.3, 0.4) is 0 Å². The Labute approximate surface area is 209 Å². The molecule has 1 aliphatic carbocycles. The van der Waals surface area contributed by atoms with Crippen LogP contribution in [0.5, 0.6) is 5.75 Å². The largest absolute Gasteiger partial charge is 0.494 e. The fourth-order valence-corrected chi connectivity index (χ4v) is 4.28. The second-order valence-corrected chi connectivity index (χ2v) is 8.99. The van der Waals surface area contributed by atoms with Crippen molar-refractivity contribution in [3.63, 3.8) is 0 Å². The highest BCUT2D eigenvalue weighted by Crippen LogP contribution is 2.37. The molecule has 10 nitrogen and oxygen atoms in total. The fraction of sp³-hybridized carbons (Fsp3) is 0.346. The number of Topliss-reactive ketones (excluding diaryl/α,β-unsaturated/α-hetero) is 1. The normalized spacial score (nSPS) is 13.3. The molecule has 3 heterocycles. The van der Waals surface area contributed by atoms with Crippen LogP contribution >= 0.6 is 0 Å². The first-order chi connectivity index (χ1) is 17.5. The summed E-state index contributed by atoms with van der Waals surface area (Å²) in [5.41, 5.74) is 2.56. The van der Waals surface area contributed by atoms with Gasteiger partial charge in [0.2, 0.25) is 0 Å². The summed E-state index contributed by atoms with van der Waals surface area (Å²) < 4.78 is 9.35. The summed E-state index contributed by atoms with van der Waals surface area (Å²) >= 11 is 0. The van der Waals surface area contributed by atoms with Crippen molar-refractivity contribution in [3.05, 3.63) is 54.6 Å². The molecule has 1 fully saturated rings. The van der Waals surface area contributed by atoms with E-state index in [1.54, 1.807) is 24.3 Å². The van der Waals surface area contributed by atoms with Crippen molar-refractivity contribution in [1.82, 2.24) is 29.5 Å². The maximum atomic E-state index is 12.7. The molecular formula is C26H30N8O2. The van der Waals surface area contributed by atoms with Crippen LogP contribution in [-0.2, 0) is 13.6 Å². The monoisotopic (exact) mass is 486 g/mol. The first kappa shape index (κ1) is 23.5. The smallest absolute Gasteiger partial charge is 0.184 e. The highest BCUT2D eigenvalue weighted by Gasteiger charge is 2.19. The van der Waals surface area contributed by atoms with Crippen molar-refractivity contribution in [2.75, 3.05) is 17.7 Å². The minimum Gasteiger partial charge on any atom is -0.494 e. The van der Waals surface area contributed by atoms with E-state index in [0.717, 1.165) is 18.0 Å². The standard InChI is InChI=1S/C26H30N8O2/c1-4-22(35)19-14-27-24(30-23-11-12-34(31-23)15-17-7-5-8-17)13-21(19)29-20-10-6-9-18(25(20)36-3)26-28-16-33(2)32-26/h6,9-14,16-17H,4-5,7-8,15H2,1-3H3,(H2,27,29,30,31). The molecule has 3 aromatic heterocycles. The van der Waals surface area contributed by atoms with Gasteiger partial charge in [-0.2, -0.15) is 10.2 Å². The summed E-state index contributed by atoms with van der Waals surface area (Å²) in [6, 6.07) is 9.44. The van der Waals surface area contributed by atoms with Gasteiger partial charge >= 0.3 is 0 Å². The molecule has 0 unspecified atom stereocenters. The van der Waals surface area contributed by atoms with Crippen molar-refractivity contribution < 1.29 is 9.53 Å². The van der Waals surface area contributed by atoms with Crippen LogP contribution in [0.1, 0.15) is 43.0 Å². The molecule has 1 aromatic carbocycles. The lowest BCUT2D eigenvalue weighted by Crippen LogP contribution is -2.18. The third kappa shape index (κ3) is 4.93. The molecule has 1 saturated carbocycles. The highest BCUT2D eigenvalue weighted by molar-refractivity contribution is 6.02. The number of carbonyl (C=O) groups is 1. The number of para-hydroxylation sites is 1. The third-order valence-corrected chi connectivity index (χ3v) is 6.42. The Morgan fingerprint density at radius 3 is 2.67 bits per heavy atom. The van der Waals surface area contributed by atoms with Gasteiger partial charge in [-0.3, -0.25) is 14.2 Å². The number of ether oxygens (including phenoxy) is 1. The number of hydrogen-bond donors (Lipinski definition) is 2. The number of ketones is 1. The van der Waals surface area contributed by atoms with Crippen molar-refractivity contribution in [2.24, 2.45) is 13.0 Å². The molecule has 0 atom stereocenters. The zero-order chi connectivity index (χ0) is 25.1. The molecule has 4 aromatic rings. The Morgan fingerprint density at radius 2 is 1.97 bits per heavy atom. The molecule has 2 N–H and O–H groups in total. The van der Waals surface area contributed by atoms with Crippen LogP contribution in [0.2, 0.25) is 0 Å². The summed E-state index contributed by atoms with van der Waals surface area (Å²) in [6.07, 6.45) is 9.44. The lowest BCUT2D eigenvalue weighted by molar-refractivity contribution is 0.0988. The summed E-state index contributed by atoms with van der Waals surface area (Å²) in [7, 11) is 3.42. The number of nitrogens with zero attached hydrogens (tertiary/aromatic N) is 6. The minimum absolute atomic E-state index is 0.0113. The topological polar surface area (TPSA) is 112 Å². The number of methoxy groups -OCH3 is 1. The molecule has 5 rings (SSSR count). The number of anilines is 4. The molecule has 36 heavy (non-hydrogen) atoms. The number of nitrogens with one attached hydrogen (secondary N) is 2. The average molecular weight is 487 g/mol. The summed E-state index contributed by atoms with van der Waals surface area (Å²) in [5.74, 6) is 3.14. The molecule has 0 amide bonds. The van der Waals surface area contributed by atoms with Gasteiger partial charge in [0.15, 0.2) is 23.2 Å². The van der Waals surface area contributed by atoms with E-state index in [-0.39, 0.29) is 5.78 Å². The highest BCUT2D eigenvalue weighted by atomic mass is 16.5. The molecular weight excluding hydrogens is 456 g/mol.